The maximum absolute atomic E-state index is 9.99. The van der Waals surface area contributed by atoms with Gasteiger partial charge in [-0.1, -0.05) is 12.1 Å². The molecule has 1 aromatic heterocycles. The van der Waals surface area contributed by atoms with E-state index in [4.69, 9.17) is 9.15 Å². The molecule has 0 spiro atoms. The number of aliphatic hydroxyl groups is 1. The molecule has 0 amide bonds. The van der Waals surface area contributed by atoms with Crippen molar-refractivity contribution >= 4 is 0 Å². The smallest absolute Gasteiger partial charge is 0.119 e. The van der Waals surface area contributed by atoms with Gasteiger partial charge in [-0.2, -0.15) is 0 Å². The van der Waals surface area contributed by atoms with Crippen molar-refractivity contribution in [3.8, 4) is 5.75 Å². The van der Waals surface area contributed by atoms with Crippen molar-refractivity contribution < 1.29 is 14.3 Å². The van der Waals surface area contributed by atoms with Crippen LogP contribution in [0.4, 0.5) is 0 Å². The highest BCUT2D eigenvalue weighted by Crippen LogP contribution is 2.24. The molecule has 0 aliphatic carbocycles. The Morgan fingerprint density at radius 3 is 2.80 bits per heavy atom. The summed E-state index contributed by atoms with van der Waals surface area (Å²) in [7, 11) is 1.60. The van der Waals surface area contributed by atoms with Crippen molar-refractivity contribution in [1.29, 1.82) is 0 Å². The molecule has 15 heavy (non-hydrogen) atoms. The van der Waals surface area contributed by atoms with E-state index in [2.05, 4.69) is 0 Å². The van der Waals surface area contributed by atoms with Crippen molar-refractivity contribution in [1.82, 2.24) is 0 Å². The Kier molecular flexibility index (Phi) is 2.74. The van der Waals surface area contributed by atoms with E-state index in [1.807, 2.05) is 18.2 Å². The Morgan fingerprint density at radius 1 is 1.27 bits per heavy atom. The van der Waals surface area contributed by atoms with Crippen LogP contribution < -0.4 is 4.74 Å². The molecule has 1 heterocycles. The highest BCUT2D eigenvalue weighted by molar-refractivity contribution is 5.34. The molecule has 0 aliphatic rings. The molecule has 1 N–H and O–H groups in total. The van der Waals surface area contributed by atoms with Crippen LogP contribution in [0.15, 0.2) is 47.3 Å². The van der Waals surface area contributed by atoms with E-state index < -0.39 is 6.10 Å². The number of ether oxygens (including phenoxy) is 1. The summed E-state index contributed by atoms with van der Waals surface area (Å²) in [6.45, 7) is 0. The van der Waals surface area contributed by atoms with E-state index in [1.54, 1.807) is 25.5 Å². The number of rotatable bonds is 3. The van der Waals surface area contributed by atoms with Crippen molar-refractivity contribution in [2.45, 2.75) is 6.10 Å². The lowest BCUT2D eigenvalue weighted by molar-refractivity contribution is 0.218. The van der Waals surface area contributed by atoms with Crippen molar-refractivity contribution in [3.63, 3.8) is 0 Å². The lowest BCUT2D eigenvalue weighted by atomic mass is 10.0. The van der Waals surface area contributed by atoms with E-state index in [-0.39, 0.29) is 0 Å². The molecule has 0 saturated carbocycles. The van der Waals surface area contributed by atoms with Crippen LogP contribution in [0.1, 0.15) is 17.2 Å². The van der Waals surface area contributed by atoms with Crippen LogP contribution >= 0.6 is 0 Å². The molecule has 0 fully saturated rings. The van der Waals surface area contributed by atoms with Crippen LogP contribution in [0.25, 0.3) is 0 Å². The molecule has 0 bridgehead atoms. The van der Waals surface area contributed by atoms with Gasteiger partial charge >= 0.3 is 0 Å². The zero-order chi connectivity index (χ0) is 10.7. The Morgan fingerprint density at radius 2 is 2.13 bits per heavy atom. The van der Waals surface area contributed by atoms with Gasteiger partial charge in [-0.3, -0.25) is 0 Å². The predicted octanol–water partition coefficient (Wildman–Crippen LogP) is 2.37. The fourth-order valence-corrected chi connectivity index (χ4v) is 1.43. The first-order valence-electron chi connectivity index (χ1n) is 4.65. The van der Waals surface area contributed by atoms with Crippen LogP contribution in [-0.2, 0) is 0 Å². The number of hydrogen-bond donors (Lipinski definition) is 1. The fourth-order valence-electron chi connectivity index (χ4n) is 1.43. The lowest BCUT2D eigenvalue weighted by Gasteiger charge is -2.09. The summed E-state index contributed by atoms with van der Waals surface area (Å²) in [6, 6.07) is 9.07. The van der Waals surface area contributed by atoms with Crippen molar-refractivity contribution in [3.05, 3.63) is 54.0 Å². The average molecular weight is 204 g/mol. The summed E-state index contributed by atoms with van der Waals surface area (Å²) in [5, 5.41) is 9.99. The van der Waals surface area contributed by atoms with Gasteiger partial charge in [-0.05, 0) is 23.8 Å². The predicted molar refractivity (Wildman–Crippen MR) is 55.8 cm³/mol. The first-order chi connectivity index (χ1) is 7.31. The van der Waals surface area contributed by atoms with Crippen LogP contribution in [0.5, 0.6) is 5.75 Å². The van der Waals surface area contributed by atoms with Gasteiger partial charge in [0.2, 0.25) is 0 Å². The molecular weight excluding hydrogens is 192 g/mol. The van der Waals surface area contributed by atoms with Crippen LogP contribution in [0, 0.1) is 0 Å². The number of methoxy groups -OCH3 is 1. The van der Waals surface area contributed by atoms with E-state index in [1.165, 1.54) is 6.26 Å². The molecule has 0 saturated heterocycles. The van der Waals surface area contributed by atoms with Gasteiger partial charge in [-0.25, -0.2) is 0 Å². The first-order valence-corrected chi connectivity index (χ1v) is 4.65. The molecule has 1 aromatic carbocycles. The molecule has 3 heteroatoms. The third kappa shape index (κ3) is 2.02. The summed E-state index contributed by atoms with van der Waals surface area (Å²) >= 11 is 0. The van der Waals surface area contributed by atoms with Gasteiger partial charge in [0.25, 0.3) is 0 Å². The molecule has 2 rings (SSSR count). The first kappa shape index (κ1) is 9.80. The fraction of sp³-hybridized carbons (Fsp3) is 0.167. The number of furan rings is 1. The summed E-state index contributed by atoms with van der Waals surface area (Å²) in [4.78, 5) is 0. The van der Waals surface area contributed by atoms with Gasteiger partial charge in [0.05, 0.1) is 19.6 Å². The molecular formula is C12H12O3. The number of hydrogen-bond acceptors (Lipinski definition) is 3. The highest BCUT2D eigenvalue weighted by Gasteiger charge is 2.11. The van der Waals surface area contributed by atoms with Crippen LogP contribution in [0.3, 0.4) is 0 Å². The highest BCUT2D eigenvalue weighted by atomic mass is 16.5. The topological polar surface area (TPSA) is 42.6 Å². The summed E-state index contributed by atoms with van der Waals surface area (Å²) in [5.74, 6) is 0.732. The molecule has 0 aliphatic heterocycles. The van der Waals surface area contributed by atoms with Crippen LogP contribution in [0.2, 0.25) is 0 Å². The zero-order valence-electron chi connectivity index (χ0n) is 8.38. The third-order valence-electron chi connectivity index (χ3n) is 2.27. The van der Waals surface area contributed by atoms with E-state index in [0.29, 0.717) is 0 Å². The largest absolute Gasteiger partial charge is 0.497 e. The standard InChI is InChI=1S/C12H12O3/c1-14-11-4-2-3-9(7-11)12(13)10-5-6-15-8-10/h2-8,12-13H,1H3/t12-/m1/s1. The minimum Gasteiger partial charge on any atom is -0.497 e. The second kappa shape index (κ2) is 4.19. The van der Waals surface area contributed by atoms with Gasteiger partial charge in [0.15, 0.2) is 0 Å². The SMILES string of the molecule is COc1cccc([C@@H](O)c2ccoc2)c1. The lowest BCUT2D eigenvalue weighted by Crippen LogP contribution is -1.98. The van der Waals surface area contributed by atoms with Gasteiger partial charge in [-0.15, -0.1) is 0 Å². The molecule has 3 nitrogen and oxygen atoms in total. The Balaban J connectivity index is 2.29. The molecule has 0 unspecified atom stereocenters. The van der Waals surface area contributed by atoms with Gasteiger partial charge in [0.1, 0.15) is 11.9 Å². The van der Waals surface area contributed by atoms with Crippen molar-refractivity contribution in [2.24, 2.45) is 0 Å². The summed E-state index contributed by atoms with van der Waals surface area (Å²) in [5.41, 5.74) is 1.53. The Hall–Kier alpha value is -1.74. The van der Waals surface area contributed by atoms with E-state index in [0.717, 1.165) is 16.9 Å². The second-order valence-electron chi connectivity index (χ2n) is 3.24. The Bertz CT molecular complexity index is 420. The molecule has 0 radical (unpaired) electrons. The van der Waals surface area contributed by atoms with Crippen LogP contribution in [-0.4, -0.2) is 12.2 Å². The third-order valence-corrected chi connectivity index (χ3v) is 2.27. The molecule has 2 aromatic rings. The maximum atomic E-state index is 9.99. The van der Waals surface area contributed by atoms with E-state index >= 15 is 0 Å². The minimum atomic E-state index is -0.668. The Labute approximate surface area is 87.9 Å². The monoisotopic (exact) mass is 204 g/mol. The molecule has 1 atom stereocenters. The number of benzene rings is 1. The van der Waals surface area contributed by atoms with Gasteiger partial charge in [0, 0.05) is 5.56 Å². The quantitative estimate of drug-likeness (QED) is 0.834. The summed E-state index contributed by atoms with van der Waals surface area (Å²) < 4.78 is 10.0. The second-order valence-corrected chi connectivity index (χ2v) is 3.24. The van der Waals surface area contributed by atoms with Crippen molar-refractivity contribution in [2.75, 3.05) is 7.11 Å². The minimum absolute atomic E-state index is 0.668. The maximum Gasteiger partial charge on any atom is 0.119 e. The molecule has 78 valence electrons. The summed E-state index contributed by atoms with van der Waals surface area (Å²) in [6.07, 6.45) is 2.40. The average Bonchev–Trinajstić information content (AvgIpc) is 2.81. The van der Waals surface area contributed by atoms with Gasteiger partial charge < -0.3 is 14.3 Å². The normalized spacial score (nSPS) is 12.4. The van der Waals surface area contributed by atoms with E-state index in [9.17, 15) is 5.11 Å². The zero-order valence-corrected chi connectivity index (χ0v) is 8.38. The number of aliphatic hydroxyl groups excluding tert-OH is 1.